The van der Waals surface area contributed by atoms with Crippen molar-refractivity contribution in [2.45, 2.75) is 20.1 Å². The molecule has 45 heavy (non-hydrogen) atoms. The van der Waals surface area contributed by atoms with Crippen molar-refractivity contribution < 1.29 is 9.90 Å². The number of carbonyl (C=O) groups is 1. The van der Waals surface area contributed by atoms with E-state index in [9.17, 15) is 9.90 Å². The fraction of sp³-hybridized carbons (Fsp3) is 0.0714. The first-order valence-electron chi connectivity index (χ1n) is 15.5. The summed E-state index contributed by atoms with van der Waals surface area (Å²) in [6.07, 6.45) is -1.11. The molecular weight excluding hydrogens is 550 g/mol. The predicted molar refractivity (Wildman–Crippen MR) is 186 cm³/mol. The molecule has 1 aliphatic rings. The molecule has 1 unspecified atom stereocenters. The zero-order valence-corrected chi connectivity index (χ0v) is 24.8. The van der Waals surface area contributed by atoms with Gasteiger partial charge in [0.2, 0.25) is 0 Å². The van der Waals surface area contributed by atoms with Crippen molar-refractivity contribution in [3.63, 3.8) is 0 Å². The fourth-order valence-electron chi connectivity index (χ4n) is 8.37. The lowest BCUT2D eigenvalue weighted by molar-refractivity contribution is 0.0937. The first-order valence-corrected chi connectivity index (χ1v) is 15.5. The van der Waals surface area contributed by atoms with Crippen LogP contribution in [0.25, 0.3) is 76.1 Å². The van der Waals surface area contributed by atoms with Gasteiger partial charge >= 0.3 is 0 Å². The van der Waals surface area contributed by atoms with Gasteiger partial charge in [0.05, 0.1) is 5.56 Å². The lowest BCUT2D eigenvalue weighted by atomic mass is 9.87. The van der Waals surface area contributed by atoms with Crippen LogP contribution in [-0.4, -0.2) is 11.0 Å². The molecule has 0 aliphatic carbocycles. The normalized spacial score (nSPS) is 15.2. The standard InChI is InChI=1S/C42H27NO2/c1-22-17-23(2)19-27(18-22)43-41(44)39-32-20-30(24-9-5-3-6-10-24)28-15-13-26-14-16-29-31(25-11-7-4-8-12-25)21-33(40(39)42(43)45)38-36(29)34(26)35(28)37(32)38/h3-21,41,44H,1-2H3. The summed E-state index contributed by atoms with van der Waals surface area (Å²) >= 11 is 0. The monoisotopic (exact) mass is 577 g/mol. The van der Waals surface area contributed by atoms with Crippen LogP contribution in [0.15, 0.2) is 115 Å². The van der Waals surface area contributed by atoms with Crippen LogP contribution in [0.2, 0.25) is 0 Å². The van der Waals surface area contributed by atoms with Gasteiger partial charge in [0.1, 0.15) is 0 Å². The molecule has 3 nitrogen and oxygen atoms in total. The molecule has 0 fully saturated rings. The minimum absolute atomic E-state index is 0.160. The van der Waals surface area contributed by atoms with Gasteiger partial charge in [0.15, 0.2) is 6.23 Å². The number of aryl methyl sites for hydroxylation is 2. The van der Waals surface area contributed by atoms with Crippen molar-refractivity contribution in [3.05, 3.63) is 138 Å². The maximum atomic E-state index is 14.7. The average Bonchev–Trinajstić information content (AvgIpc) is 3.55. The summed E-state index contributed by atoms with van der Waals surface area (Å²) in [6.45, 7) is 4.06. The van der Waals surface area contributed by atoms with E-state index in [1.807, 2.05) is 38.1 Å². The van der Waals surface area contributed by atoms with Gasteiger partial charge in [-0.1, -0.05) is 91.0 Å². The Hall–Kier alpha value is -5.51. The number of benzene rings is 8. The van der Waals surface area contributed by atoms with Crippen LogP contribution in [0, 0.1) is 13.8 Å². The Balaban J connectivity index is 1.44. The van der Waals surface area contributed by atoms with E-state index in [0.29, 0.717) is 11.1 Å². The van der Waals surface area contributed by atoms with E-state index in [1.165, 1.54) is 32.3 Å². The number of aliphatic hydroxyl groups excluding tert-OH is 1. The van der Waals surface area contributed by atoms with Crippen molar-refractivity contribution in [1.82, 2.24) is 0 Å². The van der Waals surface area contributed by atoms with E-state index in [0.717, 1.165) is 60.6 Å². The quantitative estimate of drug-likeness (QED) is 0.212. The van der Waals surface area contributed by atoms with E-state index in [-0.39, 0.29) is 5.91 Å². The van der Waals surface area contributed by atoms with E-state index in [4.69, 9.17) is 0 Å². The van der Waals surface area contributed by atoms with E-state index in [1.54, 1.807) is 4.90 Å². The Morgan fingerprint density at radius 2 is 1.07 bits per heavy atom. The molecule has 3 heteroatoms. The molecular formula is C42H27NO2. The summed E-state index contributed by atoms with van der Waals surface area (Å²) in [5, 5.41) is 23.6. The molecule has 9 aromatic carbocycles. The van der Waals surface area contributed by atoms with E-state index < -0.39 is 6.23 Å². The summed E-state index contributed by atoms with van der Waals surface area (Å²) in [5.41, 5.74) is 8.56. The van der Waals surface area contributed by atoms with Gasteiger partial charge in [0, 0.05) is 11.3 Å². The molecule has 10 rings (SSSR count). The third kappa shape index (κ3) is 3.10. The Bertz CT molecular complexity index is 2610. The first-order chi connectivity index (χ1) is 22.0. The summed E-state index contributed by atoms with van der Waals surface area (Å²) in [6, 6.07) is 40.4. The van der Waals surface area contributed by atoms with Crippen LogP contribution in [0.4, 0.5) is 5.69 Å². The zero-order chi connectivity index (χ0) is 30.1. The van der Waals surface area contributed by atoms with Gasteiger partial charge in [-0.15, -0.1) is 0 Å². The molecule has 0 radical (unpaired) electrons. The molecule has 0 saturated heterocycles. The topological polar surface area (TPSA) is 40.5 Å². The summed E-state index contributed by atoms with van der Waals surface area (Å²) in [5.74, 6) is -0.160. The highest BCUT2D eigenvalue weighted by Gasteiger charge is 2.42. The van der Waals surface area contributed by atoms with Crippen LogP contribution in [0.3, 0.4) is 0 Å². The number of nitrogens with zero attached hydrogens (tertiary/aromatic N) is 1. The van der Waals surface area contributed by atoms with Gasteiger partial charge in [-0.3, -0.25) is 9.69 Å². The molecule has 1 amide bonds. The van der Waals surface area contributed by atoms with E-state index >= 15 is 0 Å². The van der Waals surface area contributed by atoms with Crippen molar-refractivity contribution in [2.75, 3.05) is 4.90 Å². The van der Waals surface area contributed by atoms with Gasteiger partial charge in [-0.05, 0) is 125 Å². The Morgan fingerprint density at radius 3 is 1.64 bits per heavy atom. The summed E-state index contributed by atoms with van der Waals surface area (Å²) in [7, 11) is 0. The second kappa shape index (κ2) is 8.56. The maximum Gasteiger partial charge on any atom is 0.261 e. The molecule has 0 saturated carbocycles. The van der Waals surface area contributed by atoms with Crippen molar-refractivity contribution >= 4 is 65.5 Å². The molecule has 9 aromatic rings. The Labute approximate surface area is 259 Å². The number of carbonyl (C=O) groups excluding carboxylic acids is 1. The summed E-state index contributed by atoms with van der Waals surface area (Å²) in [4.78, 5) is 16.3. The summed E-state index contributed by atoms with van der Waals surface area (Å²) < 4.78 is 0. The van der Waals surface area contributed by atoms with Crippen LogP contribution in [0.5, 0.6) is 0 Å². The van der Waals surface area contributed by atoms with Gasteiger partial charge in [-0.2, -0.15) is 0 Å². The Kier molecular flexibility index (Phi) is 4.73. The fourth-order valence-corrected chi connectivity index (χ4v) is 8.37. The molecule has 0 aromatic heterocycles. The number of rotatable bonds is 3. The van der Waals surface area contributed by atoms with Crippen LogP contribution in [0.1, 0.15) is 33.3 Å². The number of fused-ring (bicyclic) bond motifs is 3. The highest BCUT2D eigenvalue weighted by molar-refractivity contribution is 6.48. The highest BCUT2D eigenvalue weighted by atomic mass is 16.3. The van der Waals surface area contributed by atoms with Crippen molar-refractivity contribution in [1.29, 1.82) is 0 Å². The number of hydrogen-bond acceptors (Lipinski definition) is 2. The number of aliphatic hydroxyl groups is 1. The molecule has 1 heterocycles. The average molecular weight is 578 g/mol. The Morgan fingerprint density at radius 1 is 0.556 bits per heavy atom. The number of amides is 1. The van der Waals surface area contributed by atoms with Gasteiger partial charge < -0.3 is 5.11 Å². The molecule has 212 valence electrons. The van der Waals surface area contributed by atoms with Crippen LogP contribution >= 0.6 is 0 Å². The van der Waals surface area contributed by atoms with E-state index in [2.05, 4.69) is 91.0 Å². The second-order valence-electron chi connectivity index (χ2n) is 12.7. The molecule has 0 bridgehead atoms. The van der Waals surface area contributed by atoms with Gasteiger partial charge in [0.25, 0.3) is 5.91 Å². The third-order valence-electron chi connectivity index (χ3n) is 10.1. The SMILES string of the molecule is Cc1cc(C)cc(N2C(=O)c3c(c4cc(-c5ccccc5)c5ccc6ccc7c(-c8ccccc8)cc3c3c7c6c5c43)C2O)c1. The zero-order valence-electron chi connectivity index (χ0n) is 24.8. The number of hydrogen-bond donors (Lipinski definition) is 1. The van der Waals surface area contributed by atoms with Gasteiger partial charge in [-0.25, -0.2) is 0 Å². The molecule has 1 N–H and O–H groups in total. The smallest absolute Gasteiger partial charge is 0.261 e. The van der Waals surface area contributed by atoms with Crippen LogP contribution < -0.4 is 4.90 Å². The first kappa shape index (κ1) is 24.9. The largest absolute Gasteiger partial charge is 0.369 e. The van der Waals surface area contributed by atoms with Crippen molar-refractivity contribution in [2.24, 2.45) is 0 Å². The molecule has 0 spiro atoms. The third-order valence-corrected chi connectivity index (χ3v) is 10.1. The van der Waals surface area contributed by atoms with Crippen molar-refractivity contribution in [3.8, 4) is 22.3 Å². The maximum absolute atomic E-state index is 14.7. The predicted octanol–water partition coefficient (Wildman–Crippen LogP) is 10.4. The highest BCUT2D eigenvalue weighted by Crippen LogP contribution is 2.56. The number of anilines is 1. The minimum Gasteiger partial charge on any atom is -0.369 e. The molecule has 1 atom stereocenters. The van der Waals surface area contributed by atoms with Crippen LogP contribution in [-0.2, 0) is 0 Å². The lowest BCUT2D eigenvalue weighted by Crippen LogP contribution is -2.27. The minimum atomic E-state index is -1.11. The lowest BCUT2D eigenvalue weighted by Gasteiger charge is -2.22. The second-order valence-corrected chi connectivity index (χ2v) is 12.7. The molecule has 1 aliphatic heterocycles.